The Bertz CT molecular complexity index is 393. The van der Waals surface area contributed by atoms with Gasteiger partial charge in [0.2, 0.25) is 5.91 Å². The van der Waals surface area contributed by atoms with E-state index in [1.807, 2.05) is 31.4 Å². The topological polar surface area (TPSA) is 49.4 Å². The molecule has 1 heterocycles. The zero-order chi connectivity index (χ0) is 13.5. The average Bonchev–Trinajstić information content (AvgIpc) is 2.78. The normalized spacial score (nSPS) is 10.4. The predicted octanol–water partition coefficient (Wildman–Crippen LogP) is 2.82. The number of urea groups is 1. The summed E-state index contributed by atoms with van der Waals surface area (Å²) in [5.74, 6) is -0.127. The van der Waals surface area contributed by atoms with Crippen LogP contribution in [0.3, 0.4) is 0 Å². The van der Waals surface area contributed by atoms with E-state index in [1.165, 1.54) is 0 Å². The Kier molecular flexibility index (Phi) is 6.15. The zero-order valence-electron chi connectivity index (χ0n) is 10.5. The van der Waals surface area contributed by atoms with Gasteiger partial charge in [0.25, 0.3) is 0 Å². The van der Waals surface area contributed by atoms with Gasteiger partial charge in [-0.15, -0.1) is 22.9 Å². The Morgan fingerprint density at radius 3 is 2.72 bits per heavy atom. The molecule has 18 heavy (non-hydrogen) atoms. The van der Waals surface area contributed by atoms with Gasteiger partial charge in [-0.1, -0.05) is 6.07 Å². The van der Waals surface area contributed by atoms with E-state index in [0.29, 0.717) is 6.54 Å². The number of carbonyl (C=O) groups is 2. The van der Waals surface area contributed by atoms with Gasteiger partial charge in [0, 0.05) is 23.2 Å². The van der Waals surface area contributed by atoms with Crippen LogP contribution in [0.25, 0.3) is 0 Å². The molecule has 0 bridgehead atoms. The monoisotopic (exact) mass is 288 g/mol. The first-order valence-electron chi connectivity index (χ1n) is 5.73. The lowest BCUT2D eigenvalue weighted by Crippen LogP contribution is -2.45. The van der Waals surface area contributed by atoms with Crippen molar-refractivity contribution in [3.63, 3.8) is 0 Å². The van der Waals surface area contributed by atoms with Gasteiger partial charge in [-0.25, -0.2) is 4.79 Å². The number of carbonyl (C=O) groups excluding carboxylic acids is 2. The lowest BCUT2D eigenvalue weighted by molar-refractivity contribution is -0.119. The van der Waals surface area contributed by atoms with Crippen LogP contribution in [0.2, 0.25) is 0 Å². The molecule has 0 atom stereocenters. The van der Waals surface area contributed by atoms with E-state index in [2.05, 4.69) is 5.32 Å². The van der Waals surface area contributed by atoms with Crippen molar-refractivity contribution < 1.29 is 9.59 Å². The first kappa shape index (κ1) is 15.0. The van der Waals surface area contributed by atoms with Crippen molar-refractivity contribution in [3.05, 3.63) is 22.4 Å². The Balaban J connectivity index is 2.61. The van der Waals surface area contributed by atoms with Gasteiger partial charge in [-0.3, -0.25) is 10.1 Å². The molecule has 0 unspecified atom stereocenters. The van der Waals surface area contributed by atoms with E-state index in [9.17, 15) is 9.59 Å². The third-order valence-electron chi connectivity index (χ3n) is 2.36. The molecule has 0 aliphatic rings. The molecule has 0 radical (unpaired) electrons. The predicted molar refractivity (Wildman–Crippen MR) is 73.9 cm³/mol. The lowest BCUT2D eigenvalue weighted by atomic mass is 10.3. The number of amides is 3. The molecule has 1 rings (SSSR count). The fraction of sp³-hybridized carbons (Fsp3) is 0.500. The van der Waals surface area contributed by atoms with Crippen LogP contribution in [0.15, 0.2) is 17.5 Å². The van der Waals surface area contributed by atoms with Crippen molar-refractivity contribution >= 4 is 34.9 Å². The van der Waals surface area contributed by atoms with E-state index < -0.39 is 0 Å². The number of hydrogen-bond donors (Lipinski definition) is 1. The minimum absolute atomic E-state index is 0.0240. The molecule has 6 heteroatoms. The van der Waals surface area contributed by atoms with Gasteiger partial charge in [0.1, 0.15) is 0 Å². The summed E-state index contributed by atoms with van der Waals surface area (Å²) in [6, 6.07) is 3.56. The first-order chi connectivity index (χ1) is 8.54. The second kappa shape index (κ2) is 7.38. The minimum atomic E-state index is -0.367. The maximum atomic E-state index is 12.0. The molecule has 1 aromatic rings. The molecule has 0 saturated carbocycles. The number of hydrogen-bond acceptors (Lipinski definition) is 3. The highest BCUT2D eigenvalue weighted by atomic mass is 35.5. The summed E-state index contributed by atoms with van der Waals surface area (Å²) in [5, 5.41) is 4.31. The Labute approximate surface area is 116 Å². The standard InChI is InChI=1S/C12H17ClN2O2S/c1-9(2)15(8-10-4-3-7-18-10)12(17)14-11(16)5-6-13/h3-4,7,9H,5-6,8H2,1-2H3,(H,14,16,17). The summed E-state index contributed by atoms with van der Waals surface area (Å²) in [7, 11) is 0. The number of alkyl halides is 1. The molecular formula is C12H17ClN2O2S. The summed E-state index contributed by atoms with van der Waals surface area (Å²) in [5.41, 5.74) is 0. The van der Waals surface area contributed by atoms with E-state index in [-0.39, 0.29) is 30.3 Å². The summed E-state index contributed by atoms with van der Waals surface area (Å²) >= 11 is 7.04. The number of nitrogens with zero attached hydrogens (tertiary/aromatic N) is 1. The SMILES string of the molecule is CC(C)N(Cc1cccs1)C(=O)NC(=O)CCCl. The molecule has 0 fully saturated rings. The van der Waals surface area contributed by atoms with Crippen molar-refractivity contribution in [2.24, 2.45) is 0 Å². The highest BCUT2D eigenvalue weighted by Gasteiger charge is 2.19. The van der Waals surface area contributed by atoms with Crippen LogP contribution in [0, 0.1) is 0 Å². The van der Waals surface area contributed by atoms with E-state index >= 15 is 0 Å². The van der Waals surface area contributed by atoms with Crippen LogP contribution in [-0.4, -0.2) is 28.8 Å². The number of thiophene rings is 1. The molecule has 1 N–H and O–H groups in total. The van der Waals surface area contributed by atoms with E-state index in [0.717, 1.165) is 4.88 Å². The van der Waals surface area contributed by atoms with Gasteiger partial charge in [-0.05, 0) is 25.3 Å². The first-order valence-corrected chi connectivity index (χ1v) is 7.14. The third kappa shape index (κ3) is 4.66. The number of rotatable bonds is 5. The Hall–Kier alpha value is -1.07. The third-order valence-corrected chi connectivity index (χ3v) is 3.41. The van der Waals surface area contributed by atoms with Crippen LogP contribution < -0.4 is 5.32 Å². The van der Waals surface area contributed by atoms with Crippen LogP contribution in [0.1, 0.15) is 25.1 Å². The second-order valence-corrected chi connectivity index (χ2v) is 5.50. The van der Waals surface area contributed by atoms with Gasteiger partial charge in [-0.2, -0.15) is 0 Å². The van der Waals surface area contributed by atoms with Gasteiger partial charge in [0.15, 0.2) is 0 Å². The quantitative estimate of drug-likeness (QED) is 0.847. The van der Waals surface area contributed by atoms with Crippen molar-refractivity contribution in [2.75, 3.05) is 5.88 Å². The zero-order valence-corrected chi connectivity index (χ0v) is 12.1. The fourth-order valence-electron chi connectivity index (χ4n) is 1.40. The summed E-state index contributed by atoms with van der Waals surface area (Å²) in [4.78, 5) is 26.0. The summed E-state index contributed by atoms with van der Waals surface area (Å²) in [6.45, 7) is 4.34. The molecule has 4 nitrogen and oxygen atoms in total. The van der Waals surface area contributed by atoms with Gasteiger partial charge >= 0.3 is 6.03 Å². The smallest absolute Gasteiger partial charge is 0.317 e. The average molecular weight is 289 g/mol. The van der Waals surface area contributed by atoms with Crippen molar-refractivity contribution in [2.45, 2.75) is 32.9 Å². The van der Waals surface area contributed by atoms with Crippen LogP contribution in [0.4, 0.5) is 4.79 Å². The second-order valence-electron chi connectivity index (χ2n) is 4.09. The number of nitrogens with one attached hydrogen (secondary N) is 1. The van der Waals surface area contributed by atoms with Gasteiger partial charge < -0.3 is 4.90 Å². The molecule has 3 amide bonds. The fourth-order valence-corrected chi connectivity index (χ4v) is 2.27. The molecule has 0 saturated heterocycles. The molecular weight excluding hydrogens is 272 g/mol. The minimum Gasteiger partial charge on any atom is -0.317 e. The molecule has 0 aromatic carbocycles. The van der Waals surface area contributed by atoms with Crippen molar-refractivity contribution in [1.29, 1.82) is 0 Å². The highest BCUT2D eigenvalue weighted by molar-refractivity contribution is 7.09. The summed E-state index contributed by atoms with van der Waals surface area (Å²) in [6.07, 6.45) is 0.151. The lowest BCUT2D eigenvalue weighted by Gasteiger charge is -2.26. The maximum absolute atomic E-state index is 12.0. The number of halogens is 1. The largest absolute Gasteiger partial charge is 0.324 e. The molecule has 0 aliphatic carbocycles. The Morgan fingerprint density at radius 2 is 2.22 bits per heavy atom. The van der Waals surface area contributed by atoms with E-state index in [4.69, 9.17) is 11.6 Å². The molecule has 0 spiro atoms. The molecule has 1 aromatic heterocycles. The molecule has 0 aliphatic heterocycles. The summed E-state index contributed by atoms with van der Waals surface area (Å²) < 4.78 is 0. The van der Waals surface area contributed by atoms with E-state index in [1.54, 1.807) is 16.2 Å². The van der Waals surface area contributed by atoms with Crippen LogP contribution >= 0.6 is 22.9 Å². The van der Waals surface area contributed by atoms with Crippen LogP contribution in [0.5, 0.6) is 0 Å². The van der Waals surface area contributed by atoms with Crippen molar-refractivity contribution in [1.82, 2.24) is 10.2 Å². The Morgan fingerprint density at radius 1 is 1.50 bits per heavy atom. The van der Waals surface area contributed by atoms with Gasteiger partial charge in [0.05, 0.1) is 6.54 Å². The number of imide groups is 1. The van der Waals surface area contributed by atoms with Crippen LogP contribution in [-0.2, 0) is 11.3 Å². The maximum Gasteiger partial charge on any atom is 0.324 e. The highest BCUT2D eigenvalue weighted by Crippen LogP contribution is 2.14. The van der Waals surface area contributed by atoms with Crippen molar-refractivity contribution in [3.8, 4) is 0 Å². The molecule has 100 valence electrons.